The first-order valence-corrected chi connectivity index (χ1v) is 8.00. The van der Waals surface area contributed by atoms with Gasteiger partial charge in [-0.05, 0) is 32.6 Å². The molecular formula is C15H29N5O. The maximum Gasteiger partial charge on any atom is 0.239 e. The van der Waals surface area contributed by atoms with Crippen LogP contribution in [-0.2, 0) is 4.79 Å². The zero-order valence-corrected chi connectivity index (χ0v) is 13.6. The van der Waals surface area contributed by atoms with Crippen molar-refractivity contribution in [1.29, 1.82) is 0 Å². The fraction of sp³-hybridized carbons (Fsp3) is 0.867. The molecule has 0 aromatic carbocycles. The van der Waals surface area contributed by atoms with Crippen LogP contribution in [0.3, 0.4) is 0 Å². The summed E-state index contributed by atoms with van der Waals surface area (Å²) in [7, 11) is 1.74. The summed E-state index contributed by atoms with van der Waals surface area (Å²) in [5.41, 5.74) is 0. The van der Waals surface area contributed by atoms with Crippen LogP contribution in [-0.4, -0.2) is 61.6 Å². The Bertz CT molecular complexity index is 392. The molecule has 1 aliphatic carbocycles. The molecule has 2 rings (SSSR count). The fourth-order valence-corrected chi connectivity index (χ4v) is 2.84. The van der Waals surface area contributed by atoms with Gasteiger partial charge in [0.05, 0.1) is 6.54 Å². The number of amides is 1. The molecule has 1 saturated carbocycles. The number of nitrogens with zero attached hydrogens (tertiary/aromatic N) is 2. The number of hydrogen-bond acceptors (Lipinski definition) is 3. The Morgan fingerprint density at radius 3 is 2.62 bits per heavy atom. The van der Waals surface area contributed by atoms with E-state index in [1.165, 1.54) is 12.8 Å². The fourth-order valence-electron chi connectivity index (χ4n) is 2.84. The maximum atomic E-state index is 11.7. The SMILES string of the molecule is CN=C(NCC(=O)NC(C)C)NC1CN(C2CC2)CC1C. The highest BCUT2D eigenvalue weighted by atomic mass is 16.1. The van der Waals surface area contributed by atoms with Gasteiger partial charge in [0, 0.05) is 38.3 Å². The number of carbonyl (C=O) groups is 1. The molecule has 0 spiro atoms. The summed E-state index contributed by atoms with van der Waals surface area (Å²) in [6.45, 7) is 8.68. The minimum Gasteiger partial charge on any atom is -0.352 e. The molecule has 6 nitrogen and oxygen atoms in total. The van der Waals surface area contributed by atoms with Gasteiger partial charge in [0.1, 0.15) is 0 Å². The normalized spacial score (nSPS) is 27.0. The quantitative estimate of drug-likeness (QED) is 0.499. The molecule has 0 radical (unpaired) electrons. The predicted molar refractivity (Wildman–Crippen MR) is 85.3 cm³/mol. The van der Waals surface area contributed by atoms with Crippen LogP contribution in [0.15, 0.2) is 4.99 Å². The number of carbonyl (C=O) groups excluding carboxylic acids is 1. The Labute approximate surface area is 127 Å². The minimum absolute atomic E-state index is 0.00738. The van der Waals surface area contributed by atoms with Crippen molar-refractivity contribution in [3.05, 3.63) is 0 Å². The van der Waals surface area contributed by atoms with E-state index in [0.29, 0.717) is 17.9 Å². The lowest BCUT2D eigenvalue weighted by Crippen LogP contribution is -2.49. The van der Waals surface area contributed by atoms with Crippen molar-refractivity contribution in [2.24, 2.45) is 10.9 Å². The summed E-state index contributed by atoms with van der Waals surface area (Å²) in [5.74, 6) is 1.31. The molecule has 120 valence electrons. The van der Waals surface area contributed by atoms with Crippen molar-refractivity contribution < 1.29 is 4.79 Å². The zero-order chi connectivity index (χ0) is 15.4. The van der Waals surface area contributed by atoms with Crippen LogP contribution < -0.4 is 16.0 Å². The second-order valence-electron chi connectivity index (χ2n) is 6.56. The smallest absolute Gasteiger partial charge is 0.239 e. The molecule has 2 unspecified atom stereocenters. The van der Waals surface area contributed by atoms with Gasteiger partial charge in [0.25, 0.3) is 0 Å². The van der Waals surface area contributed by atoms with E-state index < -0.39 is 0 Å². The molecular weight excluding hydrogens is 266 g/mol. The molecule has 2 fully saturated rings. The Morgan fingerprint density at radius 2 is 2.05 bits per heavy atom. The lowest BCUT2D eigenvalue weighted by molar-refractivity contribution is -0.120. The van der Waals surface area contributed by atoms with E-state index in [2.05, 4.69) is 32.8 Å². The van der Waals surface area contributed by atoms with Crippen molar-refractivity contribution in [3.8, 4) is 0 Å². The van der Waals surface area contributed by atoms with E-state index in [1.807, 2.05) is 13.8 Å². The zero-order valence-electron chi connectivity index (χ0n) is 13.6. The summed E-state index contributed by atoms with van der Waals surface area (Å²) >= 11 is 0. The van der Waals surface area contributed by atoms with Crippen LogP contribution in [0.5, 0.6) is 0 Å². The first-order chi connectivity index (χ1) is 9.99. The number of rotatable bonds is 5. The number of nitrogens with one attached hydrogen (secondary N) is 3. The van der Waals surface area contributed by atoms with E-state index in [4.69, 9.17) is 0 Å². The van der Waals surface area contributed by atoms with Crippen LogP contribution in [0.4, 0.5) is 0 Å². The highest BCUT2D eigenvalue weighted by molar-refractivity contribution is 5.86. The third-order valence-electron chi connectivity index (χ3n) is 4.12. The molecule has 1 saturated heterocycles. The highest BCUT2D eigenvalue weighted by Crippen LogP contribution is 2.31. The van der Waals surface area contributed by atoms with Gasteiger partial charge in [0.15, 0.2) is 5.96 Å². The third-order valence-corrected chi connectivity index (χ3v) is 4.12. The molecule has 1 aliphatic heterocycles. The Kier molecular flexibility index (Phi) is 5.45. The molecule has 0 aromatic heterocycles. The van der Waals surface area contributed by atoms with Crippen LogP contribution >= 0.6 is 0 Å². The molecule has 1 heterocycles. The second-order valence-corrected chi connectivity index (χ2v) is 6.56. The van der Waals surface area contributed by atoms with Gasteiger partial charge in [-0.1, -0.05) is 6.92 Å². The summed E-state index contributed by atoms with van der Waals surface area (Å²) < 4.78 is 0. The lowest BCUT2D eigenvalue weighted by Gasteiger charge is -2.20. The standard InChI is InChI=1S/C15H29N5O/c1-10(2)18-14(21)7-17-15(16-4)19-13-9-20(8-11(13)3)12-5-6-12/h10-13H,5-9H2,1-4H3,(H,18,21)(H2,16,17,19). The predicted octanol–water partition coefficient (Wildman–Crippen LogP) is 0.159. The van der Waals surface area contributed by atoms with E-state index in [9.17, 15) is 4.79 Å². The molecule has 2 aliphatic rings. The molecule has 0 aromatic rings. The van der Waals surface area contributed by atoms with Gasteiger partial charge < -0.3 is 16.0 Å². The average molecular weight is 295 g/mol. The van der Waals surface area contributed by atoms with Crippen molar-refractivity contribution in [2.75, 3.05) is 26.7 Å². The molecule has 1 amide bonds. The highest BCUT2D eigenvalue weighted by Gasteiger charge is 2.38. The number of likely N-dealkylation sites (tertiary alicyclic amines) is 1. The van der Waals surface area contributed by atoms with Crippen LogP contribution in [0.25, 0.3) is 0 Å². The van der Waals surface area contributed by atoms with E-state index in [1.54, 1.807) is 7.05 Å². The number of aliphatic imine (C=N–C) groups is 1. The molecule has 6 heteroatoms. The third kappa shape index (κ3) is 4.88. The van der Waals surface area contributed by atoms with Gasteiger partial charge in [-0.15, -0.1) is 0 Å². The van der Waals surface area contributed by atoms with Crippen LogP contribution in [0.2, 0.25) is 0 Å². The molecule has 2 atom stereocenters. The van der Waals surface area contributed by atoms with Gasteiger partial charge in [-0.3, -0.25) is 14.7 Å². The van der Waals surface area contributed by atoms with E-state index in [0.717, 1.165) is 19.1 Å². The van der Waals surface area contributed by atoms with Crippen LogP contribution in [0, 0.1) is 5.92 Å². The van der Waals surface area contributed by atoms with Gasteiger partial charge in [-0.25, -0.2) is 0 Å². The molecule has 0 bridgehead atoms. The summed E-state index contributed by atoms with van der Waals surface area (Å²) in [6.07, 6.45) is 2.70. The summed E-state index contributed by atoms with van der Waals surface area (Å²) in [5, 5.41) is 9.41. The van der Waals surface area contributed by atoms with Crippen molar-refractivity contribution in [2.45, 2.75) is 51.7 Å². The first kappa shape index (κ1) is 16.1. The molecule has 3 N–H and O–H groups in total. The maximum absolute atomic E-state index is 11.7. The number of hydrogen-bond donors (Lipinski definition) is 3. The van der Waals surface area contributed by atoms with Gasteiger partial charge in [-0.2, -0.15) is 0 Å². The molecule has 21 heavy (non-hydrogen) atoms. The van der Waals surface area contributed by atoms with Gasteiger partial charge in [0.2, 0.25) is 5.91 Å². The van der Waals surface area contributed by atoms with Crippen molar-refractivity contribution >= 4 is 11.9 Å². The van der Waals surface area contributed by atoms with E-state index >= 15 is 0 Å². The monoisotopic (exact) mass is 295 g/mol. The van der Waals surface area contributed by atoms with Crippen molar-refractivity contribution in [3.63, 3.8) is 0 Å². The summed E-state index contributed by atoms with van der Waals surface area (Å²) in [4.78, 5) is 18.4. The largest absolute Gasteiger partial charge is 0.352 e. The lowest BCUT2D eigenvalue weighted by atomic mass is 10.1. The Balaban J connectivity index is 1.75. The topological polar surface area (TPSA) is 68.8 Å². The second kappa shape index (κ2) is 7.11. The average Bonchev–Trinajstić information content (AvgIpc) is 3.19. The Hall–Kier alpha value is -1.30. The van der Waals surface area contributed by atoms with Gasteiger partial charge >= 0.3 is 0 Å². The van der Waals surface area contributed by atoms with Crippen molar-refractivity contribution in [1.82, 2.24) is 20.9 Å². The Morgan fingerprint density at radius 1 is 1.33 bits per heavy atom. The van der Waals surface area contributed by atoms with E-state index in [-0.39, 0.29) is 18.5 Å². The van der Waals surface area contributed by atoms with Crippen LogP contribution in [0.1, 0.15) is 33.6 Å². The minimum atomic E-state index is -0.00738. The number of guanidine groups is 1. The summed E-state index contributed by atoms with van der Waals surface area (Å²) in [6, 6.07) is 1.38. The first-order valence-electron chi connectivity index (χ1n) is 8.00.